The van der Waals surface area contributed by atoms with E-state index >= 15 is 0 Å². The maximum atomic E-state index is 11.7. The van der Waals surface area contributed by atoms with Gasteiger partial charge >= 0.3 is 6.09 Å². The Morgan fingerprint density at radius 2 is 0.787 bits per heavy atom. The molecule has 350 valence electrons. The van der Waals surface area contributed by atoms with Crippen molar-refractivity contribution in [3.8, 4) is 5.75 Å². The summed E-state index contributed by atoms with van der Waals surface area (Å²) in [6.45, 7) is 14.1. The number of benzene rings is 2. The number of carbonyl (C=O) groups is 1. The van der Waals surface area contributed by atoms with Crippen molar-refractivity contribution in [3.63, 3.8) is 0 Å². The molecule has 15 nitrogen and oxygen atoms in total. The second-order valence-electron chi connectivity index (χ2n) is 13.7. The van der Waals surface area contributed by atoms with Gasteiger partial charge in [0.25, 0.3) is 0 Å². The van der Waals surface area contributed by atoms with E-state index in [4.69, 9.17) is 61.6 Å². The van der Waals surface area contributed by atoms with Crippen LogP contribution >= 0.6 is 0 Å². The van der Waals surface area contributed by atoms with Crippen LogP contribution in [0.4, 0.5) is 4.79 Å². The highest BCUT2D eigenvalue weighted by atomic mass is 16.6. The monoisotopic (exact) mass is 868 g/mol. The first kappa shape index (κ1) is 54.2. The first-order valence-corrected chi connectivity index (χ1v) is 22.3. The van der Waals surface area contributed by atoms with Gasteiger partial charge in [-0.3, -0.25) is 0 Å². The number of nitrogens with one attached hydrogen (secondary N) is 1. The molecule has 0 aliphatic rings. The smallest absolute Gasteiger partial charge is 0.407 e. The van der Waals surface area contributed by atoms with Crippen molar-refractivity contribution in [2.75, 3.05) is 159 Å². The van der Waals surface area contributed by atoms with Crippen molar-refractivity contribution in [2.45, 2.75) is 58.5 Å². The van der Waals surface area contributed by atoms with Crippen LogP contribution in [0.1, 0.15) is 56.6 Å². The molecule has 0 saturated heterocycles. The summed E-state index contributed by atoms with van der Waals surface area (Å²) in [5, 5.41) is 2.65. The van der Waals surface area contributed by atoms with E-state index in [0.29, 0.717) is 159 Å². The highest BCUT2D eigenvalue weighted by molar-refractivity contribution is 5.67. The fraction of sp³-hybridized carbons (Fsp3) is 0.717. The predicted molar refractivity (Wildman–Crippen MR) is 233 cm³/mol. The van der Waals surface area contributed by atoms with Crippen molar-refractivity contribution >= 4 is 6.09 Å². The largest absolute Gasteiger partial charge is 0.491 e. The average Bonchev–Trinajstić information content (AvgIpc) is 3.28. The summed E-state index contributed by atoms with van der Waals surface area (Å²) in [6.07, 6.45) is 8.59. The number of unbranched alkanes of at least 4 members (excludes halogenated alkanes) is 5. The topological polar surface area (TPSA) is 149 Å². The first-order chi connectivity index (χ1) is 30.3. The molecule has 0 bridgehead atoms. The van der Waals surface area contributed by atoms with Gasteiger partial charge in [0.2, 0.25) is 0 Å². The Morgan fingerprint density at radius 1 is 0.410 bits per heavy atom. The summed E-state index contributed by atoms with van der Waals surface area (Å²) in [4.78, 5) is 11.7. The number of hydrogen-bond acceptors (Lipinski definition) is 14. The maximum absolute atomic E-state index is 11.7. The van der Waals surface area contributed by atoms with Gasteiger partial charge in [0.1, 0.15) is 19.0 Å². The van der Waals surface area contributed by atoms with Gasteiger partial charge in [0.15, 0.2) is 0 Å². The third-order valence-electron chi connectivity index (χ3n) is 8.69. The lowest BCUT2D eigenvalue weighted by Gasteiger charge is -2.09. The van der Waals surface area contributed by atoms with Crippen molar-refractivity contribution < 1.29 is 66.4 Å². The SMILES string of the molecule is CCCCCCCCc1ccc(OCCOCCOCCOCCOCCOCCOCCOCCOCCOCCOCCOCCNC(=O)OCc2ccccc2)cc1. The molecule has 1 N–H and O–H groups in total. The van der Waals surface area contributed by atoms with E-state index in [1.165, 1.54) is 44.1 Å². The second kappa shape index (κ2) is 43.7. The molecule has 0 fully saturated rings. The second-order valence-corrected chi connectivity index (χ2v) is 13.7. The van der Waals surface area contributed by atoms with Crippen LogP contribution in [0.25, 0.3) is 0 Å². The van der Waals surface area contributed by atoms with Gasteiger partial charge in [0, 0.05) is 6.54 Å². The summed E-state index contributed by atoms with van der Waals surface area (Å²) in [7, 11) is 0. The van der Waals surface area contributed by atoms with Crippen LogP contribution in [0, 0.1) is 0 Å². The zero-order valence-corrected chi connectivity index (χ0v) is 37.0. The number of hydrogen-bond donors (Lipinski definition) is 1. The minimum Gasteiger partial charge on any atom is -0.491 e. The van der Waals surface area contributed by atoms with E-state index in [1.54, 1.807) is 0 Å². The molecule has 0 aromatic heterocycles. The van der Waals surface area contributed by atoms with Crippen molar-refractivity contribution in [3.05, 3.63) is 65.7 Å². The molecule has 0 saturated carbocycles. The van der Waals surface area contributed by atoms with Crippen molar-refractivity contribution in [1.82, 2.24) is 5.32 Å². The maximum Gasteiger partial charge on any atom is 0.407 e. The molecule has 2 aromatic carbocycles. The van der Waals surface area contributed by atoms with Gasteiger partial charge in [-0.25, -0.2) is 4.79 Å². The molecule has 61 heavy (non-hydrogen) atoms. The fourth-order valence-electron chi connectivity index (χ4n) is 5.38. The van der Waals surface area contributed by atoms with E-state index in [1.807, 2.05) is 42.5 Å². The Balaban J connectivity index is 1.15. The van der Waals surface area contributed by atoms with Crippen LogP contribution in [0.5, 0.6) is 5.75 Å². The number of carbonyl (C=O) groups excluding carboxylic acids is 1. The van der Waals surface area contributed by atoms with Crippen LogP contribution < -0.4 is 10.1 Å². The molecule has 0 spiro atoms. The number of aryl methyl sites for hydroxylation is 1. The molecule has 0 radical (unpaired) electrons. The number of amides is 1. The van der Waals surface area contributed by atoms with Gasteiger partial charge in [-0.05, 0) is 36.1 Å². The van der Waals surface area contributed by atoms with E-state index in [2.05, 4.69) is 24.4 Å². The minimum absolute atomic E-state index is 0.236. The molecule has 2 aromatic rings. The zero-order valence-electron chi connectivity index (χ0n) is 37.0. The quantitative estimate of drug-likeness (QED) is 0.0767. The molecular formula is C46H77NO14. The Bertz CT molecular complexity index is 1200. The zero-order chi connectivity index (χ0) is 43.2. The first-order valence-electron chi connectivity index (χ1n) is 22.3. The summed E-state index contributed by atoms with van der Waals surface area (Å²) < 4.78 is 71.5. The Labute approximate surface area is 365 Å². The fourth-order valence-corrected chi connectivity index (χ4v) is 5.38. The molecule has 0 atom stereocenters. The van der Waals surface area contributed by atoms with E-state index in [-0.39, 0.29) is 6.61 Å². The summed E-state index contributed by atoms with van der Waals surface area (Å²) in [5.41, 5.74) is 2.31. The normalized spacial score (nSPS) is 11.3. The lowest BCUT2D eigenvalue weighted by Crippen LogP contribution is -2.28. The minimum atomic E-state index is -0.470. The van der Waals surface area contributed by atoms with Gasteiger partial charge < -0.3 is 66.9 Å². The van der Waals surface area contributed by atoms with Crippen LogP contribution in [0.15, 0.2) is 54.6 Å². The van der Waals surface area contributed by atoms with Crippen LogP contribution in [-0.2, 0) is 69.9 Å². The van der Waals surface area contributed by atoms with E-state index in [0.717, 1.165) is 17.7 Å². The standard InChI is InChI=1S/C46H77NO14/c1-2-3-4-5-6-8-11-43-14-16-45(17-15-43)60-41-40-59-39-38-58-37-36-57-35-34-56-33-32-55-31-30-54-29-28-53-27-26-52-25-24-51-23-22-50-21-20-49-19-18-47-46(48)61-42-44-12-9-7-10-13-44/h7,9-10,12-17H,2-6,8,11,18-42H2,1H3,(H,47,48). The van der Waals surface area contributed by atoms with Crippen molar-refractivity contribution in [1.29, 1.82) is 0 Å². The Kier molecular flexibility index (Phi) is 38.8. The molecule has 15 heteroatoms. The molecule has 0 aliphatic heterocycles. The molecule has 0 aliphatic carbocycles. The highest BCUT2D eigenvalue weighted by Crippen LogP contribution is 2.15. The van der Waals surface area contributed by atoms with E-state index < -0.39 is 6.09 Å². The average molecular weight is 868 g/mol. The van der Waals surface area contributed by atoms with Crippen LogP contribution in [0.3, 0.4) is 0 Å². The summed E-state index contributed by atoms with van der Waals surface area (Å²) >= 11 is 0. The lowest BCUT2D eigenvalue weighted by molar-refractivity contribution is -0.0277. The summed E-state index contributed by atoms with van der Waals surface area (Å²) in [5.74, 6) is 0.881. The number of ether oxygens (including phenoxy) is 13. The molecule has 2 rings (SSSR count). The third-order valence-corrected chi connectivity index (χ3v) is 8.69. The highest BCUT2D eigenvalue weighted by Gasteiger charge is 2.03. The van der Waals surface area contributed by atoms with Gasteiger partial charge in [0.05, 0.1) is 145 Å². The van der Waals surface area contributed by atoms with E-state index in [9.17, 15) is 4.79 Å². The van der Waals surface area contributed by atoms with Gasteiger partial charge in [-0.1, -0.05) is 81.5 Å². The number of alkyl carbamates (subject to hydrolysis) is 1. The molecule has 0 heterocycles. The summed E-state index contributed by atoms with van der Waals surface area (Å²) in [6, 6.07) is 17.9. The Morgan fingerprint density at radius 3 is 1.21 bits per heavy atom. The third kappa shape index (κ3) is 37.4. The lowest BCUT2D eigenvalue weighted by atomic mass is 10.0. The number of rotatable bonds is 46. The molecule has 0 unspecified atom stereocenters. The van der Waals surface area contributed by atoms with Gasteiger partial charge in [-0.15, -0.1) is 0 Å². The molecule has 1 amide bonds. The van der Waals surface area contributed by atoms with Crippen molar-refractivity contribution in [2.24, 2.45) is 0 Å². The van der Waals surface area contributed by atoms with Crippen LogP contribution in [-0.4, -0.2) is 165 Å². The van der Waals surface area contributed by atoms with Crippen LogP contribution in [0.2, 0.25) is 0 Å². The van der Waals surface area contributed by atoms with Gasteiger partial charge in [-0.2, -0.15) is 0 Å². The Hall–Kier alpha value is -2.93. The molecular weight excluding hydrogens is 790 g/mol. The predicted octanol–water partition coefficient (Wildman–Crippen LogP) is 6.08.